The molecular formula is C16H20N2O2. The first-order valence-electron chi connectivity index (χ1n) is 6.74. The summed E-state index contributed by atoms with van der Waals surface area (Å²) in [7, 11) is 0. The highest BCUT2D eigenvalue weighted by Gasteiger charge is 2.11. The predicted octanol–water partition coefficient (Wildman–Crippen LogP) is 4.03. The van der Waals surface area contributed by atoms with Crippen LogP contribution in [0.15, 0.2) is 41.0 Å². The van der Waals surface area contributed by atoms with Crippen LogP contribution in [0, 0.1) is 6.92 Å². The third-order valence-corrected chi connectivity index (χ3v) is 3.17. The molecule has 106 valence electrons. The van der Waals surface area contributed by atoms with E-state index in [1.165, 1.54) is 0 Å². The molecule has 0 bridgehead atoms. The Morgan fingerprint density at radius 2 is 2.05 bits per heavy atom. The van der Waals surface area contributed by atoms with Crippen LogP contribution < -0.4 is 10.6 Å². The maximum Gasteiger partial charge on any atom is 0.319 e. The number of carbonyl (C=O) groups is 1. The van der Waals surface area contributed by atoms with Crippen LogP contribution in [0.25, 0.3) is 0 Å². The molecule has 4 heteroatoms. The van der Waals surface area contributed by atoms with Gasteiger partial charge in [0.25, 0.3) is 0 Å². The average Bonchev–Trinajstić information content (AvgIpc) is 2.91. The molecule has 1 aromatic carbocycles. The highest BCUT2D eigenvalue weighted by Crippen LogP contribution is 2.27. The van der Waals surface area contributed by atoms with Crippen LogP contribution in [-0.4, -0.2) is 6.03 Å². The fourth-order valence-electron chi connectivity index (χ4n) is 2.08. The summed E-state index contributed by atoms with van der Waals surface area (Å²) in [6, 6.07) is 9.45. The van der Waals surface area contributed by atoms with Crippen molar-refractivity contribution in [3.8, 4) is 0 Å². The van der Waals surface area contributed by atoms with Gasteiger partial charge < -0.3 is 15.1 Å². The maximum atomic E-state index is 12.0. The molecule has 2 aromatic rings. The number of nitrogens with one attached hydrogen (secondary N) is 2. The fraction of sp³-hybridized carbons (Fsp3) is 0.312. The zero-order chi connectivity index (χ0) is 14.5. The standard InChI is InChI=1S/C16H20N2O2/c1-11(2)14-8-4-6-12(3)15(14)18-16(19)17-10-13-7-5-9-20-13/h4-9,11H,10H2,1-3H3,(H2,17,18,19). The van der Waals surface area contributed by atoms with E-state index in [1.54, 1.807) is 12.3 Å². The zero-order valence-electron chi connectivity index (χ0n) is 12.1. The first kappa shape index (κ1) is 14.2. The van der Waals surface area contributed by atoms with Crippen LogP contribution in [0.1, 0.15) is 36.7 Å². The van der Waals surface area contributed by atoms with Crippen LogP contribution >= 0.6 is 0 Å². The van der Waals surface area contributed by atoms with E-state index in [1.807, 2.05) is 31.2 Å². The van der Waals surface area contributed by atoms with E-state index in [0.717, 1.165) is 22.6 Å². The molecule has 20 heavy (non-hydrogen) atoms. The number of benzene rings is 1. The average molecular weight is 272 g/mol. The molecule has 1 aromatic heterocycles. The lowest BCUT2D eigenvalue weighted by Gasteiger charge is -2.16. The van der Waals surface area contributed by atoms with Gasteiger partial charge in [0.1, 0.15) is 5.76 Å². The molecule has 0 aliphatic heterocycles. The van der Waals surface area contributed by atoms with Crippen molar-refractivity contribution in [3.05, 3.63) is 53.5 Å². The molecule has 1 heterocycles. The van der Waals surface area contributed by atoms with Crippen molar-refractivity contribution in [2.45, 2.75) is 33.2 Å². The summed E-state index contributed by atoms with van der Waals surface area (Å²) in [6.07, 6.45) is 1.59. The number of hydrogen-bond acceptors (Lipinski definition) is 2. The van der Waals surface area contributed by atoms with Crippen LogP contribution in [0.3, 0.4) is 0 Å². The lowest BCUT2D eigenvalue weighted by Crippen LogP contribution is -2.28. The van der Waals surface area contributed by atoms with Gasteiger partial charge in [-0.15, -0.1) is 0 Å². The molecule has 0 aliphatic rings. The van der Waals surface area contributed by atoms with E-state index in [0.29, 0.717) is 12.5 Å². The third-order valence-electron chi connectivity index (χ3n) is 3.17. The summed E-state index contributed by atoms with van der Waals surface area (Å²) in [5.41, 5.74) is 3.09. The number of rotatable bonds is 4. The van der Waals surface area contributed by atoms with Gasteiger partial charge in [-0.3, -0.25) is 0 Å². The Kier molecular flexibility index (Phi) is 4.45. The molecule has 0 fully saturated rings. The maximum absolute atomic E-state index is 12.0. The SMILES string of the molecule is Cc1cccc(C(C)C)c1NC(=O)NCc1ccco1. The monoisotopic (exact) mass is 272 g/mol. The molecule has 4 nitrogen and oxygen atoms in total. The molecule has 2 rings (SSSR count). The lowest BCUT2D eigenvalue weighted by atomic mass is 9.98. The molecule has 0 saturated carbocycles. The minimum atomic E-state index is -0.224. The minimum Gasteiger partial charge on any atom is -0.467 e. The fourth-order valence-corrected chi connectivity index (χ4v) is 2.08. The van der Waals surface area contributed by atoms with E-state index < -0.39 is 0 Å². The number of anilines is 1. The van der Waals surface area contributed by atoms with Crippen molar-refractivity contribution in [1.29, 1.82) is 0 Å². The van der Waals surface area contributed by atoms with Gasteiger partial charge in [0.05, 0.1) is 12.8 Å². The quantitative estimate of drug-likeness (QED) is 0.882. The van der Waals surface area contributed by atoms with Crippen molar-refractivity contribution in [2.75, 3.05) is 5.32 Å². The number of amides is 2. The predicted molar refractivity (Wildman–Crippen MR) is 79.8 cm³/mol. The summed E-state index contributed by atoms with van der Waals surface area (Å²) >= 11 is 0. The molecule has 2 amide bonds. The van der Waals surface area contributed by atoms with Gasteiger partial charge in [-0.2, -0.15) is 0 Å². The van der Waals surface area contributed by atoms with Crippen molar-refractivity contribution in [1.82, 2.24) is 5.32 Å². The molecule has 0 saturated heterocycles. The van der Waals surface area contributed by atoms with Gasteiger partial charge in [-0.25, -0.2) is 4.79 Å². The Labute approximate surface area is 119 Å². The van der Waals surface area contributed by atoms with Crippen LogP contribution in [0.2, 0.25) is 0 Å². The van der Waals surface area contributed by atoms with E-state index in [-0.39, 0.29) is 6.03 Å². The first-order chi connectivity index (χ1) is 9.58. The first-order valence-corrected chi connectivity index (χ1v) is 6.74. The minimum absolute atomic E-state index is 0.224. The summed E-state index contributed by atoms with van der Waals surface area (Å²) < 4.78 is 5.18. The second-order valence-electron chi connectivity index (χ2n) is 5.08. The number of furan rings is 1. The molecular weight excluding hydrogens is 252 g/mol. The van der Waals surface area contributed by atoms with Crippen LogP contribution in [-0.2, 0) is 6.54 Å². The van der Waals surface area contributed by atoms with Crippen molar-refractivity contribution in [2.24, 2.45) is 0 Å². The van der Waals surface area contributed by atoms with Gasteiger partial charge in [0, 0.05) is 5.69 Å². The van der Waals surface area contributed by atoms with Gasteiger partial charge in [-0.05, 0) is 36.1 Å². The number of aryl methyl sites for hydroxylation is 1. The second kappa shape index (κ2) is 6.28. The molecule has 0 unspecified atom stereocenters. The second-order valence-corrected chi connectivity index (χ2v) is 5.08. The molecule has 2 N–H and O–H groups in total. The molecule has 0 atom stereocenters. The number of para-hydroxylation sites is 1. The molecule has 0 aliphatic carbocycles. The van der Waals surface area contributed by atoms with Crippen molar-refractivity contribution < 1.29 is 9.21 Å². The van der Waals surface area contributed by atoms with Crippen molar-refractivity contribution >= 4 is 11.7 Å². The topological polar surface area (TPSA) is 54.3 Å². The number of carbonyl (C=O) groups excluding carboxylic acids is 1. The van der Waals surface area contributed by atoms with Gasteiger partial charge in [-0.1, -0.05) is 32.0 Å². The Morgan fingerprint density at radius 1 is 1.25 bits per heavy atom. The summed E-state index contributed by atoms with van der Waals surface area (Å²) in [6.45, 7) is 6.59. The summed E-state index contributed by atoms with van der Waals surface area (Å²) in [5, 5.41) is 5.71. The molecule has 0 spiro atoms. The Balaban J connectivity index is 2.04. The zero-order valence-corrected chi connectivity index (χ0v) is 12.1. The lowest BCUT2D eigenvalue weighted by molar-refractivity contribution is 0.251. The van der Waals surface area contributed by atoms with Gasteiger partial charge in [0.2, 0.25) is 0 Å². The number of urea groups is 1. The van der Waals surface area contributed by atoms with Crippen molar-refractivity contribution in [3.63, 3.8) is 0 Å². The van der Waals surface area contributed by atoms with E-state index >= 15 is 0 Å². The Morgan fingerprint density at radius 3 is 2.70 bits per heavy atom. The Bertz CT molecular complexity index is 574. The normalized spacial score (nSPS) is 10.6. The van der Waals surface area contributed by atoms with E-state index in [2.05, 4.69) is 24.5 Å². The third kappa shape index (κ3) is 3.41. The van der Waals surface area contributed by atoms with Crippen LogP contribution in [0.5, 0.6) is 0 Å². The van der Waals surface area contributed by atoms with Gasteiger partial charge in [0.15, 0.2) is 0 Å². The largest absolute Gasteiger partial charge is 0.467 e. The van der Waals surface area contributed by atoms with Gasteiger partial charge >= 0.3 is 6.03 Å². The summed E-state index contributed by atoms with van der Waals surface area (Å²) in [4.78, 5) is 12.0. The number of hydrogen-bond donors (Lipinski definition) is 2. The highest BCUT2D eigenvalue weighted by atomic mass is 16.3. The summed E-state index contributed by atoms with van der Waals surface area (Å²) in [5.74, 6) is 1.09. The highest BCUT2D eigenvalue weighted by molar-refractivity contribution is 5.91. The molecule has 0 radical (unpaired) electrons. The smallest absolute Gasteiger partial charge is 0.319 e. The van der Waals surface area contributed by atoms with Crippen LogP contribution in [0.4, 0.5) is 10.5 Å². The van der Waals surface area contributed by atoms with E-state index in [4.69, 9.17) is 4.42 Å². The van der Waals surface area contributed by atoms with E-state index in [9.17, 15) is 4.79 Å². The Hall–Kier alpha value is -2.23.